The van der Waals surface area contributed by atoms with Crippen LogP contribution in [0.1, 0.15) is 34.9 Å². The highest BCUT2D eigenvalue weighted by molar-refractivity contribution is 7.10. The Bertz CT molecular complexity index is 974. The quantitative estimate of drug-likeness (QED) is 0.554. The molecule has 1 fully saturated rings. The number of rotatable bonds is 8. The number of nitrogens with zero attached hydrogens (tertiary/aromatic N) is 1. The van der Waals surface area contributed by atoms with Gasteiger partial charge in [0.1, 0.15) is 12.6 Å². The third-order valence-corrected chi connectivity index (χ3v) is 6.39. The van der Waals surface area contributed by atoms with Crippen molar-refractivity contribution in [2.24, 2.45) is 0 Å². The van der Waals surface area contributed by atoms with Gasteiger partial charge in [0, 0.05) is 11.4 Å². The molecule has 5 nitrogen and oxygen atoms in total. The van der Waals surface area contributed by atoms with Crippen LogP contribution in [0.4, 0.5) is 0 Å². The van der Waals surface area contributed by atoms with Gasteiger partial charge >= 0.3 is 5.97 Å². The molecular weight excluding hydrogens is 398 g/mol. The average molecular weight is 424 g/mol. The predicted molar refractivity (Wildman–Crippen MR) is 117 cm³/mol. The SMILES string of the molecule is COc1cc(C(c2cccs2)N2CCCC2C(=O)O)ccc1OCc1ccccc1. The first kappa shape index (κ1) is 20.4. The van der Waals surface area contributed by atoms with E-state index in [2.05, 4.69) is 11.0 Å². The molecule has 1 aliphatic rings. The van der Waals surface area contributed by atoms with Gasteiger partial charge in [0.15, 0.2) is 11.5 Å². The molecule has 6 heteroatoms. The Kier molecular flexibility index (Phi) is 6.35. The van der Waals surface area contributed by atoms with E-state index >= 15 is 0 Å². The average Bonchev–Trinajstić information content (AvgIpc) is 3.46. The number of ether oxygens (including phenoxy) is 2. The lowest BCUT2D eigenvalue weighted by Crippen LogP contribution is -2.39. The Labute approximate surface area is 180 Å². The van der Waals surface area contributed by atoms with Crippen LogP contribution >= 0.6 is 11.3 Å². The molecule has 0 amide bonds. The van der Waals surface area contributed by atoms with Crippen molar-refractivity contribution in [3.05, 3.63) is 82.0 Å². The van der Waals surface area contributed by atoms with Gasteiger partial charge in [-0.2, -0.15) is 0 Å². The topological polar surface area (TPSA) is 59.0 Å². The second-order valence-electron chi connectivity index (χ2n) is 7.34. The number of likely N-dealkylation sites (tertiary alicyclic amines) is 1. The van der Waals surface area contributed by atoms with Gasteiger partial charge in [0.25, 0.3) is 0 Å². The Morgan fingerprint density at radius 1 is 1.17 bits per heavy atom. The smallest absolute Gasteiger partial charge is 0.320 e. The first-order chi connectivity index (χ1) is 14.7. The van der Waals surface area contributed by atoms with Gasteiger partial charge in [-0.05, 0) is 47.5 Å². The lowest BCUT2D eigenvalue weighted by atomic mass is 10.0. The van der Waals surface area contributed by atoms with Gasteiger partial charge in [0.2, 0.25) is 0 Å². The Morgan fingerprint density at radius 3 is 2.70 bits per heavy atom. The van der Waals surface area contributed by atoms with Gasteiger partial charge in [-0.15, -0.1) is 11.3 Å². The van der Waals surface area contributed by atoms with E-state index in [-0.39, 0.29) is 6.04 Å². The van der Waals surface area contributed by atoms with Crippen molar-refractivity contribution in [2.75, 3.05) is 13.7 Å². The highest BCUT2D eigenvalue weighted by atomic mass is 32.1. The fraction of sp³-hybridized carbons (Fsp3) is 0.292. The van der Waals surface area contributed by atoms with Crippen LogP contribution in [-0.4, -0.2) is 35.7 Å². The number of carboxylic acid groups (broad SMARTS) is 1. The summed E-state index contributed by atoms with van der Waals surface area (Å²) >= 11 is 1.64. The molecule has 1 aromatic heterocycles. The molecule has 30 heavy (non-hydrogen) atoms. The number of benzene rings is 2. The predicted octanol–water partition coefficient (Wildman–Crippen LogP) is 4.97. The van der Waals surface area contributed by atoms with Crippen molar-refractivity contribution >= 4 is 17.3 Å². The summed E-state index contributed by atoms with van der Waals surface area (Å²) in [6.45, 7) is 1.21. The maximum atomic E-state index is 11.8. The van der Waals surface area contributed by atoms with Crippen LogP contribution in [0.5, 0.6) is 11.5 Å². The van der Waals surface area contributed by atoms with Crippen LogP contribution in [0.25, 0.3) is 0 Å². The van der Waals surface area contributed by atoms with Gasteiger partial charge in [-0.3, -0.25) is 9.69 Å². The number of thiophene rings is 1. The van der Waals surface area contributed by atoms with Gasteiger partial charge in [-0.1, -0.05) is 42.5 Å². The third kappa shape index (κ3) is 4.35. The Hall–Kier alpha value is -2.83. The van der Waals surface area contributed by atoms with Crippen molar-refractivity contribution in [3.63, 3.8) is 0 Å². The third-order valence-electron chi connectivity index (χ3n) is 5.46. The summed E-state index contributed by atoms with van der Waals surface area (Å²) in [5.41, 5.74) is 2.09. The molecule has 1 N–H and O–H groups in total. The maximum absolute atomic E-state index is 11.8. The zero-order chi connectivity index (χ0) is 20.9. The van der Waals surface area contributed by atoms with Crippen molar-refractivity contribution < 1.29 is 19.4 Å². The van der Waals surface area contributed by atoms with Gasteiger partial charge in [0.05, 0.1) is 13.2 Å². The molecule has 0 bridgehead atoms. The summed E-state index contributed by atoms with van der Waals surface area (Å²) in [7, 11) is 1.63. The first-order valence-corrected chi connectivity index (χ1v) is 10.9. The van der Waals surface area contributed by atoms with E-state index in [1.807, 2.05) is 60.0 Å². The number of methoxy groups -OCH3 is 1. The summed E-state index contributed by atoms with van der Waals surface area (Å²) in [5.74, 6) is 0.561. The zero-order valence-corrected chi connectivity index (χ0v) is 17.7. The molecule has 3 aromatic rings. The molecule has 0 aliphatic carbocycles. The number of carbonyl (C=O) groups is 1. The minimum Gasteiger partial charge on any atom is -0.493 e. The van der Waals surface area contributed by atoms with Crippen molar-refractivity contribution in [1.82, 2.24) is 4.90 Å². The Morgan fingerprint density at radius 2 is 2.00 bits per heavy atom. The molecule has 0 spiro atoms. The zero-order valence-electron chi connectivity index (χ0n) is 16.9. The lowest BCUT2D eigenvalue weighted by molar-refractivity contribution is -0.142. The van der Waals surface area contributed by atoms with Crippen molar-refractivity contribution in [3.8, 4) is 11.5 Å². The fourth-order valence-electron chi connectivity index (χ4n) is 4.04. The number of carboxylic acids is 1. The molecule has 0 radical (unpaired) electrons. The summed E-state index contributed by atoms with van der Waals surface area (Å²) in [6.07, 6.45) is 1.56. The molecule has 1 aliphatic heterocycles. The molecule has 4 rings (SSSR count). The molecule has 1 saturated heterocycles. The van der Waals surface area contributed by atoms with E-state index in [0.717, 1.165) is 29.0 Å². The minimum absolute atomic E-state index is 0.120. The van der Waals surface area contributed by atoms with E-state index in [4.69, 9.17) is 9.47 Å². The number of hydrogen-bond donors (Lipinski definition) is 1. The molecular formula is C24H25NO4S. The highest BCUT2D eigenvalue weighted by Crippen LogP contribution is 2.40. The van der Waals surface area contributed by atoms with Crippen LogP contribution < -0.4 is 9.47 Å². The molecule has 2 atom stereocenters. The van der Waals surface area contributed by atoms with E-state index in [1.54, 1.807) is 18.4 Å². The second-order valence-corrected chi connectivity index (χ2v) is 8.32. The van der Waals surface area contributed by atoms with Gasteiger partial charge in [-0.25, -0.2) is 0 Å². The van der Waals surface area contributed by atoms with Crippen molar-refractivity contribution in [1.29, 1.82) is 0 Å². The number of hydrogen-bond acceptors (Lipinski definition) is 5. The van der Waals surface area contributed by atoms with Crippen LogP contribution in [0.15, 0.2) is 66.0 Å². The van der Waals surface area contributed by atoms with E-state index in [9.17, 15) is 9.90 Å². The van der Waals surface area contributed by atoms with Gasteiger partial charge < -0.3 is 14.6 Å². The maximum Gasteiger partial charge on any atom is 0.320 e. The summed E-state index contributed by atoms with van der Waals surface area (Å²) in [4.78, 5) is 15.1. The molecule has 156 valence electrons. The molecule has 2 unspecified atom stereocenters. The number of aliphatic carboxylic acids is 1. The summed E-state index contributed by atoms with van der Waals surface area (Å²) in [5, 5.41) is 11.7. The monoisotopic (exact) mass is 423 g/mol. The van der Waals surface area contributed by atoms with Crippen LogP contribution in [0.3, 0.4) is 0 Å². The standard InChI is InChI=1S/C24H25NO4S/c1-28-21-15-18(11-12-20(21)29-16-17-7-3-2-4-8-17)23(22-10-6-14-30-22)25-13-5-9-19(25)24(26)27/h2-4,6-8,10-12,14-15,19,23H,5,9,13,16H2,1H3,(H,26,27). The van der Waals surface area contributed by atoms with Crippen LogP contribution in [-0.2, 0) is 11.4 Å². The lowest BCUT2D eigenvalue weighted by Gasteiger charge is -2.31. The summed E-state index contributed by atoms with van der Waals surface area (Å²) < 4.78 is 11.6. The van der Waals surface area contributed by atoms with E-state index < -0.39 is 12.0 Å². The van der Waals surface area contributed by atoms with Crippen LogP contribution in [0.2, 0.25) is 0 Å². The first-order valence-electron chi connectivity index (χ1n) is 10.0. The summed E-state index contributed by atoms with van der Waals surface area (Å²) in [6, 6.07) is 19.4. The van der Waals surface area contributed by atoms with E-state index in [1.165, 1.54) is 0 Å². The fourth-order valence-corrected chi connectivity index (χ4v) is 4.91. The molecule has 0 saturated carbocycles. The molecule has 2 heterocycles. The van der Waals surface area contributed by atoms with E-state index in [0.29, 0.717) is 24.5 Å². The largest absolute Gasteiger partial charge is 0.493 e. The highest BCUT2D eigenvalue weighted by Gasteiger charge is 2.37. The van der Waals surface area contributed by atoms with Crippen LogP contribution in [0, 0.1) is 0 Å². The normalized spacial score (nSPS) is 17.6. The Balaban J connectivity index is 1.63. The molecule has 2 aromatic carbocycles. The van der Waals surface area contributed by atoms with Crippen molar-refractivity contribution in [2.45, 2.75) is 31.5 Å². The minimum atomic E-state index is -0.760. The second kappa shape index (κ2) is 9.32.